The largest absolute Gasteiger partial charge is 0.508 e. The summed E-state index contributed by atoms with van der Waals surface area (Å²) in [5.41, 5.74) is 2.06. The summed E-state index contributed by atoms with van der Waals surface area (Å²) in [6.45, 7) is 0. The van der Waals surface area contributed by atoms with Crippen molar-refractivity contribution in [3.8, 4) is 17.0 Å². The molecule has 1 aromatic heterocycles. The molecule has 0 saturated heterocycles. The van der Waals surface area contributed by atoms with E-state index in [4.69, 9.17) is 11.6 Å². The highest BCUT2D eigenvalue weighted by molar-refractivity contribution is 7.14. The third kappa shape index (κ3) is 3.13. The first-order chi connectivity index (χ1) is 12.1. The fraction of sp³-hybridized carbons (Fsp3) is 0.158. The molecule has 1 aliphatic rings. The number of phenolic OH excluding ortho intramolecular Hbond substituents is 1. The van der Waals surface area contributed by atoms with E-state index in [1.165, 1.54) is 11.3 Å². The molecule has 4 nitrogen and oxygen atoms in total. The Morgan fingerprint density at radius 2 is 1.96 bits per heavy atom. The highest BCUT2D eigenvalue weighted by atomic mass is 35.5. The summed E-state index contributed by atoms with van der Waals surface area (Å²) in [6, 6.07) is 14.3. The van der Waals surface area contributed by atoms with Crippen LogP contribution in [0.1, 0.15) is 18.4 Å². The molecule has 25 heavy (non-hydrogen) atoms. The van der Waals surface area contributed by atoms with Crippen molar-refractivity contribution in [1.29, 1.82) is 0 Å². The summed E-state index contributed by atoms with van der Waals surface area (Å²) in [7, 11) is 0. The van der Waals surface area contributed by atoms with Gasteiger partial charge >= 0.3 is 0 Å². The highest BCUT2D eigenvalue weighted by Crippen LogP contribution is 2.49. The van der Waals surface area contributed by atoms with Crippen molar-refractivity contribution in [2.75, 3.05) is 5.32 Å². The Balaban J connectivity index is 1.53. The molecule has 0 aliphatic heterocycles. The zero-order valence-electron chi connectivity index (χ0n) is 13.2. The smallest absolute Gasteiger partial charge is 0.236 e. The van der Waals surface area contributed by atoms with E-state index in [1.807, 2.05) is 35.7 Å². The number of thiazole rings is 1. The molecule has 1 fully saturated rings. The van der Waals surface area contributed by atoms with E-state index in [9.17, 15) is 9.90 Å². The second-order valence-electron chi connectivity index (χ2n) is 6.13. The van der Waals surface area contributed by atoms with Crippen LogP contribution < -0.4 is 5.32 Å². The van der Waals surface area contributed by atoms with Gasteiger partial charge in [-0.15, -0.1) is 11.3 Å². The van der Waals surface area contributed by atoms with E-state index in [1.54, 1.807) is 18.2 Å². The van der Waals surface area contributed by atoms with Gasteiger partial charge in [-0.1, -0.05) is 35.9 Å². The number of phenols is 1. The van der Waals surface area contributed by atoms with Crippen LogP contribution in [0.4, 0.5) is 5.13 Å². The summed E-state index contributed by atoms with van der Waals surface area (Å²) < 4.78 is 0. The molecule has 2 N–H and O–H groups in total. The van der Waals surface area contributed by atoms with Gasteiger partial charge in [0.05, 0.1) is 11.1 Å². The number of nitrogens with zero attached hydrogens (tertiary/aromatic N) is 1. The number of amides is 1. The molecule has 1 saturated carbocycles. The average Bonchev–Trinajstić information content (AvgIpc) is 3.29. The van der Waals surface area contributed by atoms with Crippen molar-refractivity contribution < 1.29 is 9.90 Å². The number of halogens is 1. The minimum absolute atomic E-state index is 0.0355. The van der Waals surface area contributed by atoms with Crippen LogP contribution in [0.15, 0.2) is 53.9 Å². The summed E-state index contributed by atoms with van der Waals surface area (Å²) in [5, 5.41) is 15.6. The van der Waals surface area contributed by atoms with Gasteiger partial charge in [-0.25, -0.2) is 4.98 Å². The Labute approximate surface area is 154 Å². The van der Waals surface area contributed by atoms with Gasteiger partial charge in [-0.3, -0.25) is 4.79 Å². The number of aromatic hydroxyl groups is 1. The molecule has 2 aromatic carbocycles. The summed E-state index contributed by atoms with van der Waals surface area (Å²) in [6.07, 6.45) is 1.65. The normalized spacial score (nSPS) is 14.9. The van der Waals surface area contributed by atoms with Gasteiger partial charge in [0.1, 0.15) is 5.75 Å². The van der Waals surface area contributed by atoms with Gasteiger partial charge in [0.15, 0.2) is 5.13 Å². The van der Waals surface area contributed by atoms with Crippen LogP contribution in [0.3, 0.4) is 0 Å². The molecule has 1 aliphatic carbocycles. The van der Waals surface area contributed by atoms with Crippen LogP contribution in [0.25, 0.3) is 11.3 Å². The summed E-state index contributed by atoms with van der Waals surface area (Å²) in [4.78, 5) is 17.2. The molecule has 0 radical (unpaired) electrons. The van der Waals surface area contributed by atoms with E-state index in [0.717, 1.165) is 29.7 Å². The second-order valence-corrected chi connectivity index (χ2v) is 7.43. The zero-order chi connectivity index (χ0) is 17.4. The molecule has 1 amide bonds. The Morgan fingerprint density at radius 1 is 1.20 bits per heavy atom. The van der Waals surface area contributed by atoms with Crippen LogP contribution >= 0.6 is 22.9 Å². The quantitative estimate of drug-likeness (QED) is 0.690. The molecule has 4 rings (SSSR count). The molecule has 1 heterocycles. The van der Waals surface area contributed by atoms with Crippen molar-refractivity contribution in [3.63, 3.8) is 0 Å². The van der Waals surface area contributed by atoms with Gasteiger partial charge in [-0.2, -0.15) is 0 Å². The molecule has 0 bridgehead atoms. The first-order valence-corrected chi connectivity index (χ1v) is 9.15. The minimum atomic E-state index is -0.471. The Hall–Kier alpha value is -2.37. The fourth-order valence-corrected chi connectivity index (χ4v) is 3.73. The van der Waals surface area contributed by atoms with E-state index < -0.39 is 5.41 Å². The lowest BCUT2D eigenvalue weighted by Gasteiger charge is -2.14. The van der Waals surface area contributed by atoms with Crippen LogP contribution in [-0.2, 0) is 10.2 Å². The van der Waals surface area contributed by atoms with E-state index in [2.05, 4.69) is 10.3 Å². The number of rotatable bonds is 4. The maximum absolute atomic E-state index is 12.8. The van der Waals surface area contributed by atoms with Crippen LogP contribution in [0, 0.1) is 0 Å². The standard InChI is InChI=1S/C19H15ClN2O2S/c20-14-6-4-13(5-7-14)19(8-9-19)17(24)22-18-21-16(11-25-18)12-2-1-3-15(23)10-12/h1-7,10-11,23H,8-9H2,(H,21,22,24). The van der Waals surface area contributed by atoms with Crippen molar-refractivity contribution in [2.24, 2.45) is 0 Å². The van der Waals surface area contributed by atoms with E-state index >= 15 is 0 Å². The maximum Gasteiger partial charge on any atom is 0.236 e. The number of nitrogens with one attached hydrogen (secondary N) is 1. The molecule has 6 heteroatoms. The Morgan fingerprint density at radius 3 is 2.64 bits per heavy atom. The van der Waals surface area contributed by atoms with Crippen molar-refractivity contribution in [2.45, 2.75) is 18.3 Å². The number of anilines is 1. The van der Waals surface area contributed by atoms with E-state index in [0.29, 0.717) is 10.2 Å². The molecular formula is C19H15ClN2O2S. The number of carbonyl (C=O) groups is 1. The SMILES string of the molecule is O=C(Nc1nc(-c2cccc(O)c2)cs1)C1(c2ccc(Cl)cc2)CC1. The Kier molecular flexibility index (Phi) is 3.98. The van der Waals surface area contributed by atoms with Gasteiger partial charge in [0.2, 0.25) is 5.91 Å². The summed E-state index contributed by atoms with van der Waals surface area (Å²) in [5.74, 6) is 0.155. The number of carbonyl (C=O) groups excluding carboxylic acids is 1. The number of hydrogen-bond acceptors (Lipinski definition) is 4. The van der Waals surface area contributed by atoms with Gasteiger partial charge in [-0.05, 0) is 42.7 Å². The third-order valence-corrected chi connectivity index (χ3v) is 5.46. The second kappa shape index (κ2) is 6.17. The molecular weight excluding hydrogens is 356 g/mol. The third-order valence-electron chi connectivity index (χ3n) is 4.45. The molecule has 126 valence electrons. The monoisotopic (exact) mass is 370 g/mol. The van der Waals surface area contributed by atoms with Gasteiger partial charge in [0, 0.05) is 16.0 Å². The lowest BCUT2D eigenvalue weighted by atomic mass is 9.95. The van der Waals surface area contributed by atoms with Crippen molar-refractivity contribution in [3.05, 3.63) is 64.5 Å². The first-order valence-electron chi connectivity index (χ1n) is 7.89. The summed E-state index contributed by atoms with van der Waals surface area (Å²) >= 11 is 7.31. The van der Waals surface area contributed by atoms with Crippen molar-refractivity contribution >= 4 is 34.0 Å². The fourth-order valence-electron chi connectivity index (χ4n) is 2.89. The van der Waals surface area contributed by atoms with Gasteiger partial charge < -0.3 is 10.4 Å². The highest BCUT2D eigenvalue weighted by Gasteiger charge is 2.51. The van der Waals surface area contributed by atoms with E-state index in [-0.39, 0.29) is 11.7 Å². The molecule has 0 unspecified atom stereocenters. The lowest BCUT2D eigenvalue weighted by Crippen LogP contribution is -2.27. The lowest BCUT2D eigenvalue weighted by molar-refractivity contribution is -0.118. The van der Waals surface area contributed by atoms with Crippen LogP contribution in [-0.4, -0.2) is 16.0 Å². The first kappa shape index (κ1) is 16.1. The number of hydrogen-bond donors (Lipinski definition) is 2. The topological polar surface area (TPSA) is 62.2 Å². The molecule has 0 atom stereocenters. The van der Waals surface area contributed by atoms with Crippen molar-refractivity contribution in [1.82, 2.24) is 4.98 Å². The zero-order valence-corrected chi connectivity index (χ0v) is 14.8. The molecule has 3 aromatic rings. The van der Waals surface area contributed by atoms with Crippen LogP contribution in [0.5, 0.6) is 5.75 Å². The minimum Gasteiger partial charge on any atom is -0.508 e. The number of aromatic nitrogens is 1. The maximum atomic E-state index is 12.8. The Bertz CT molecular complexity index is 933. The molecule has 0 spiro atoms. The van der Waals surface area contributed by atoms with Gasteiger partial charge in [0.25, 0.3) is 0 Å². The van der Waals surface area contributed by atoms with Crippen LogP contribution in [0.2, 0.25) is 5.02 Å². The number of benzene rings is 2. The predicted molar refractivity (Wildman–Crippen MR) is 100 cm³/mol. The average molecular weight is 371 g/mol. The predicted octanol–water partition coefficient (Wildman–Crippen LogP) is 4.84.